The fourth-order valence-electron chi connectivity index (χ4n) is 1.29. The molecular formula is C12H13FN2O2. The molecule has 0 radical (unpaired) electrons. The van der Waals surface area contributed by atoms with Gasteiger partial charge in [-0.05, 0) is 25.6 Å². The van der Waals surface area contributed by atoms with Gasteiger partial charge in [-0.3, -0.25) is 10.1 Å². The molecule has 1 N–H and O–H groups in total. The Morgan fingerprint density at radius 2 is 2.24 bits per heavy atom. The van der Waals surface area contributed by atoms with Crippen LogP contribution in [0.5, 0.6) is 0 Å². The first kappa shape index (κ1) is 13.1. The van der Waals surface area contributed by atoms with Crippen LogP contribution in [0.3, 0.4) is 0 Å². The summed E-state index contributed by atoms with van der Waals surface area (Å²) in [5.74, 6) is 4.82. The van der Waals surface area contributed by atoms with Gasteiger partial charge in [0.25, 0.3) is 0 Å². The summed E-state index contributed by atoms with van der Waals surface area (Å²) < 4.78 is 13.3. The van der Waals surface area contributed by atoms with Crippen molar-refractivity contribution in [3.8, 4) is 11.8 Å². The van der Waals surface area contributed by atoms with E-state index >= 15 is 0 Å². The van der Waals surface area contributed by atoms with Crippen LogP contribution in [0.2, 0.25) is 0 Å². The third kappa shape index (κ3) is 3.54. The van der Waals surface area contributed by atoms with E-state index in [0.29, 0.717) is 17.5 Å². The largest absolute Gasteiger partial charge is 0.319 e. The molecule has 1 rings (SSSR count). The van der Waals surface area contributed by atoms with Crippen LogP contribution in [-0.4, -0.2) is 18.5 Å². The summed E-state index contributed by atoms with van der Waals surface area (Å²) in [6, 6.07) is 2.32. The average molecular weight is 236 g/mol. The molecule has 0 aliphatic rings. The Labute approximate surface area is 99.0 Å². The fraction of sp³-hybridized carbons (Fsp3) is 0.333. The summed E-state index contributed by atoms with van der Waals surface area (Å²) in [7, 11) is 1.82. The van der Waals surface area contributed by atoms with E-state index in [0.717, 1.165) is 12.6 Å². The van der Waals surface area contributed by atoms with Gasteiger partial charge in [0.15, 0.2) is 0 Å². The summed E-state index contributed by atoms with van der Waals surface area (Å²) in [6.45, 7) is 2.43. The molecule has 0 spiro atoms. The Morgan fingerprint density at radius 3 is 2.82 bits per heavy atom. The number of nitrogens with one attached hydrogen (secondary N) is 1. The highest BCUT2D eigenvalue weighted by atomic mass is 19.1. The summed E-state index contributed by atoms with van der Waals surface area (Å²) >= 11 is 0. The predicted molar refractivity (Wildman–Crippen MR) is 63.2 cm³/mol. The molecule has 4 nitrogen and oxygen atoms in total. The standard InChI is InChI=1S/C12H13FN2O2/c1-9-7-12(15(16)17)11(13)8-10(9)5-3-4-6-14-2/h7-8,14H,4,6H2,1-2H3. The molecule has 0 unspecified atom stereocenters. The van der Waals surface area contributed by atoms with Crippen LogP contribution in [0.1, 0.15) is 17.5 Å². The number of hydrogen-bond acceptors (Lipinski definition) is 3. The van der Waals surface area contributed by atoms with Gasteiger partial charge in [-0.2, -0.15) is 4.39 Å². The van der Waals surface area contributed by atoms with Gasteiger partial charge in [0.2, 0.25) is 5.82 Å². The zero-order valence-corrected chi connectivity index (χ0v) is 9.71. The minimum atomic E-state index is -0.849. The van der Waals surface area contributed by atoms with E-state index < -0.39 is 16.4 Å². The highest BCUT2D eigenvalue weighted by molar-refractivity contribution is 5.48. The monoisotopic (exact) mass is 236 g/mol. The molecule has 0 saturated carbocycles. The molecule has 90 valence electrons. The van der Waals surface area contributed by atoms with E-state index in [4.69, 9.17) is 0 Å². The maximum atomic E-state index is 13.3. The van der Waals surface area contributed by atoms with Crippen LogP contribution >= 0.6 is 0 Å². The maximum absolute atomic E-state index is 13.3. The second-order valence-corrected chi connectivity index (χ2v) is 3.53. The zero-order valence-electron chi connectivity index (χ0n) is 9.71. The lowest BCUT2D eigenvalue weighted by Crippen LogP contribution is -2.05. The Balaban J connectivity index is 2.98. The molecule has 5 heteroatoms. The Kier molecular flexibility index (Phi) is 4.61. The summed E-state index contributed by atoms with van der Waals surface area (Å²) in [6.07, 6.45) is 0.647. The molecule has 0 fully saturated rings. The van der Waals surface area contributed by atoms with E-state index in [2.05, 4.69) is 17.2 Å². The first-order chi connectivity index (χ1) is 8.06. The number of halogens is 1. The van der Waals surface area contributed by atoms with Gasteiger partial charge in [-0.15, -0.1) is 0 Å². The van der Waals surface area contributed by atoms with Crippen LogP contribution in [0, 0.1) is 34.7 Å². The van der Waals surface area contributed by atoms with Crippen molar-refractivity contribution >= 4 is 5.69 Å². The topological polar surface area (TPSA) is 55.2 Å². The summed E-state index contributed by atoms with van der Waals surface area (Å²) in [5, 5.41) is 13.4. The fourth-order valence-corrected chi connectivity index (χ4v) is 1.29. The SMILES string of the molecule is CNCCC#Cc1cc(F)c([N+](=O)[O-])cc1C. The molecule has 1 aromatic carbocycles. The molecular weight excluding hydrogens is 223 g/mol. The number of aryl methyl sites for hydroxylation is 1. The lowest BCUT2D eigenvalue weighted by Gasteiger charge is -1.99. The van der Waals surface area contributed by atoms with Crippen molar-refractivity contribution < 1.29 is 9.31 Å². The van der Waals surface area contributed by atoms with Crippen molar-refractivity contribution in [1.29, 1.82) is 0 Å². The van der Waals surface area contributed by atoms with Crippen molar-refractivity contribution in [2.75, 3.05) is 13.6 Å². The molecule has 0 atom stereocenters. The van der Waals surface area contributed by atoms with Crippen LogP contribution < -0.4 is 5.32 Å². The highest BCUT2D eigenvalue weighted by Gasteiger charge is 2.15. The van der Waals surface area contributed by atoms with E-state index in [1.807, 2.05) is 7.05 Å². The van der Waals surface area contributed by atoms with E-state index in [1.165, 1.54) is 6.07 Å². The van der Waals surface area contributed by atoms with Gasteiger partial charge >= 0.3 is 5.69 Å². The van der Waals surface area contributed by atoms with Crippen molar-refractivity contribution in [1.82, 2.24) is 5.32 Å². The van der Waals surface area contributed by atoms with Gasteiger partial charge < -0.3 is 5.32 Å². The van der Waals surface area contributed by atoms with Gasteiger partial charge in [0.05, 0.1) is 4.92 Å². The molecule has 0 aliphatic carbocycles. The molecule has 0 saturated heterocycles. The molecule has 0 amide bonds. The van der Waals surface area contributed by atoms with Crippen molar-refractivity contribution in [3.05, 3.63) is 39.2 Å². The van der Waals surface area contributed by atoms with Crippen LogP contribution in [0.4, 0.5) is 10.1 Å². The second-order valence-electron chi connectivity index (χ2n) is 3.53. The normalized spacial score (nSPS) is 9.59. The van der Waals surface area contributed by atoms with Gasteiger partial charge in [0.1, 0.15) is 0 Å². The van der Waals surface area contributed by atoms with Crippen molar-refractivity contribution in [2.45, 2.75) is 13.3 Å². The van der Waals surface area contributed by atoms with Crippen molar-refractivity contribution in [2.24, 2.45) is 0 Å². The van der Waals surface area contributed by atoms with Crippen LogP contribution in [0.15, 0.2) is 12.1 Å². The van der Waals surface area contributed by atoms with Gasteiger partial charge in [-0.1, -0.05) is 11.8 Å². The highest BCUT2D eigenvalue weighted by Crippen LogP contribution is 2.21. The number of nitro benzene ring substituents is 1. The average Bonchev–Trinajstić information content (AvgIpc) is 2.28. The number of nitro groups is 1. The Morgan fingerprint density at radius 1 is 1.53 bits per heavy atom. The van der Waals surface area contributed by atoms with E-state index in [9.17, 15) is 14.5 Å². The van der Waals surface area contributed by atoms with E-state index in [1.54, 1.807) is 6.92 Å². The lowest BCUT2D eigenvalue weighted by molar-refractivity contribution is -0.387. The summed E-state index contributed by atoms with van der Waals surface area (Å²) in [5.41, 5.74) is 0.586. The maximum Gasteiger partial charge on any atom is 0.305 e. The van der Waals surface area contributed by atoms with Crippen LogP contribution in [0.25, 0.3) is 0 Å². The minimum absolute atomic E-state index is 0.490. The molecule has 0 heterocycles. The number of benzene rings is 1. The molecule has 0 aliphatic heterocycles. The molecule has 0 bridgehead atoms. The zero-order chi connectivity index (χ0) is 12.8. The Hall–Kier alpha value is -1.93. The molecule has 0 aromatic heterocycles. The third-order valence-corrected chi connectivity index (χ3v) is 2.21. The number of hydrogen-bond donors (Lipinski definition) is 1. The van der Waals surface area contributed by atoms with E-state index in [-0.39, 0.29) is 0 Å². The Bertz CT molecular complexity index is 489. The minimum Gasteiger partial charge on any atom is -0.319 e. The molecule has 1 aromatic rings. The molecule has 17 heavy (non-hydrogen) atoms. The smallest absolute Gasteiger partial charge is 0.305 e. The first-order valence-electron chi connectivity index (χ1n) is 5.14. The summed E-state index contributed by atoms with van der Waals surface area (Å²) in [4.78, 5) is 9.77. The van der Waals surface area contributed by atoms with Gasteiger partial charge in [0, 0.05) is 24.6 Å². The van der Waals surface area contributed by atoms with Crippen molar-refractivity contribution in [3.63, 3.8) is 0 Å². The predicted octanol–water partition coefficient (Wildman–Crippen LogP) is 2.00. The quantitative estimate of drug-likeness (QED) is 0.378. The first-order valence-corrected chi connectivity index (χ1v) is 5.14. The van der Waals surface area contributed by atoms with Gasteiger partial charge in [-0.25, -0.2) is 0 Å². The lowest BCUT2D eigenvalue weighted by atomic mass is 10.1. The third-order valence-electron chi connectivity index (χ3n) is 2.21. The second kappa shape index (κ2) is 5.97. The number of rotatable bonds is 3. The van der Waals surface area contributed by atoms with Crippen LogP contribution in [-0.2, 0) is 0 Å². The number of nitrogens with zero attached hydrogens (tertiary/aromatic N) is 1.